The van der Waals surface area contributed by atoms with Crippen LogP contribution in [0.15, 0.2) is 0 Å². The van der Waals surface area contributed by atoms with Gasteiger partial charge in [-0.2, -0.15) is 0 Å². The van der Waals surface area contributed by atoms with E-state index in [4.69, 9.17) is 5.11 Å². The van der Waals surface area contributed by atoms with Gasteiger partial charge in [0, 0.05) is 5.33 Å². The molecule has 0 heterocycles. The van der Waals surface area contributed by atoms with Gasteiger partial charge in [0.2, 0.25) is 0 Å². The van der Waals surface area contributed by atoms with E-state index >= 15 is 0 Å². The largest absolute Gasteiger partial charge is 0.378 e. The minimum Gasteiger partial charge on any atom is -0.378 e. The van der Waals surface area contributed by atoms with Gasteiger partial charge in [-0.05, 0) is 6.92 Å². The van der Waals surface area contributed by atoms with Gasteiger partial charge in [0.05, 0.1) is 0 Å². The second-order valence-electron chi connectivity index (χ2n) is 1.28. The topological polar surface area (TPSA) is 20.2 Å². The summed E-state index contributed by atoms with van der Waals surface area (Å²) in [6.07, 6.45) is 0. The molecular formula is C3H6Br2O. The molecule has 0 fully saturated rings. The van der Waals surface area contributed by atoms with Crippen LogP contribution in [0.4, 0.5) is 0 Å². The van der Waals surface area contributed by atoms with E-state index in [0.29, 0.717) is 5.33 Å². The average Bonchev–Trinajstić information content (AvgIpc) is 1.35. The summed E-state index contributed by atoms with van der Waals surface area (Å²) >= 11 is 6.06. The van der Waals surface area contributed by atoms with Crippen LogP contribution < -0.4 is 0 Å². The molecule has 0 aliphatic rings. The van der Waals surface area contributed by atoms with Gasteiger partial charge >= 0.3 is 0 Å². The lowest BCUT2D eigenvalue weighted by Gasteiger charge is -2.07. The molecule has 0 amide bonds. The zero-order valence-electron chi connectivity index (χ0n) is 3.41. The normalized spacial score (nSPS) is 20.0. The Morgan fingerprint density at radius 2 is 2.00 bits per heavy atom. The molecule has 0 bridgehead atoms. The van der Waals surface area contributed by atoms with Crippen molar-refractivity contribution in [1.82, 2.24) is 0 Å². The van der Waals surface area contributed by atoms with Crippen molar-refractivity contribution in [1.29, 1.82) is 0 Å². The van der Waals surface area contributed by atoms with Crippen molar-refractivity contribution in [3.63, 3.8) is 0 Å². The Balaban J connectivity index is 3.17. The van der Waals surface area contributed by atoms with Gasteiger partial charge in [0.15, 0.2) is 0 Å². The first-order valence-electron chi connectivity index (χ1n) is 1.53. The number of rotatable bonds is 1. The van der Waals surface area contributed by atoms with Gasteiger partial charge in [0.25, 0.3) is 0 Å². The van der Waals surface area contributed by atoms with Gasteiger partial charge in [-0.1, -0.05) is 31.9 Å². The molecule has 0 spiro atoms. The Morgan fingerprint density at radius 1 is 1.83 bits per heavy atom. The predicted octanol–water partition coefficient (Wildman–Crippen LogP) is 1.48. The highest BCUT2D eigenvalue weighted by Crippen LogP contribution is 2.13. The quantitative estimate of drug-likeness (QED) is 0.660. The molecule has 1 N–H and O–H groups in total. The lowest BCUT2D eigenvalue weighted by atomic mass is 10.5. The lowest BCUT2D eigenvalue weighted by Crippen LogP contribution is -2.14. The molecule has 0 rings (SSSR count). The van der Waals surface area contributed by atoms with Crippen LogP contribution in [0.1, 0.15) is 6.92 Å². The molecule has 1 nitrogen and oxygen atoms in total. The fraction of sp³-hybridized carbons (Fsp3) is 1.00. The smallest absolute Gasteiger partial charge is 0.126 e. The maximum Gasteiger partial charge on any atom is 0.126 e. The van der Waals surface area contributed by atoms with Gasteiger partial charge in [-0.3, -0.25) is 0 Å². The van der Waals surface area contributed by atoms with E-state index in [-0.39, 0.29) is 0 Å². The fourth-order valence-corrected chi connectivity index (χ4v) is 0. The molecule has 3 heteroatoms. The monoisotopic (exact) mass is 216 g/mol. The van der Waals surface area contributed by atoms with Gasteiger partial charge in [-0.25, -0.2) is 0 Å². The molecule has 1 unspecified atom stereocenters. The third kappa shape index (κ3) is 4.92. The van der Waals surface area contributed by atoms with Gasteiger partial charge in [0.1, 0.15) is 4.51 Å². The van der Waals surface area contributed by atoms with Crippen molar-refractivity contribution in [3.05, 3.63) is 0 Å². The Labute approximate surface area is 54.0 Å². The highest BCUT2D eigenvalue weighted by molar-refractivity contribution is 9.12. The second-order valence-corrected chi connectivity index (χ2v) is 3.55. The summed E-state index contributed by atoms with van der Waals surface area (Å²) in [5.74, 6) is 0. The zero-order valence-corrected chi connectivity index (χ0v) is 6.58. The molecule has 6 heavy (non-hydrogen) atoms. The summed E-state index contributed by atoms with van der Waals surface area (Å²) < 4.78 is -0.729. The molecule has 0 radical (unpaired) electrons. The molecule has 0 saturated carbocycles. The van der Waals surface area contributed by atoms with Gasteiger partial charge in [-0.15, -0.1) is 0 Å². The molecule has 0 aromatic rings. The molecule has 1 atom stereocenters. The van der Waals surface area contributed by atoms with Crippen LogP contribution in [0, 0.1) is 0 Å². The third-order valence-corrected chi connectivity index (χ3v) is 2.37. The molecule has 0 saturated heterocycles. The highest BCUT2D eigenvalue weighted by atomic mass is 79.9. The van der Waals surface area contributed by atoms with E-state index in [9.17, 15) is 0 Å². The Morgan fingerprint density at radius 3 is 2.00 bits per heavy atom. The van der Waals surface area contributed by atoms with Crippen LogP contribution >= 0.6 is 31.9 Å². The van der Waals surface area contributed by atoms with Crippen LogP contribution in [0.2, 0.25) is 0 Å². The summed E-state index contributed by atoms with van der Waals surface area (Å²) in [4.78, 5) is 0. The molecule has 0 aliphatic heterocycles. The average molecular weight is 218 g/mol. The first-order valence-corrected chi connectivity index (χ1v) is 3.45. The molecule has 0 aliphatic carbocycles. The highest BCUT2D eigenvalue weighted by Gasteiger charge is 2.10. The standard InChI is InChI=1S/C3H6Br2O/c1-3(5,6)2-4/h6H,2H2,1H3. The van der Waals surface area contributed by atoms with Crippen LogP contribution in [0.25, 0.3) is 0 Å². The first kappa shape index (κ1) is 6.92. The van der Waals surface area contributed by atoms with Crippen LogP contribution in [0.3, 0.4) is 0 Å². The van der Waals surface area contributed by atoms with Crippen LogP contribution in [-0.4, -0.2) is 14.9 Å². The number of hydrogen-bond donors (Lipinski definition) is 1. The second kappa shape index (κ2) is 2.28. The molecule has 38 valence electrons. The van der Waals surface area contributed by atoms with Crippen molar-refractivity contribution < 1.29 is 5.11 Å². The lowest BCUT2D eigenvalue weighted by molar-refractivity contribution is 0.193. The minimum atomic E-state index is -0.729. The summed E-state index contributed by atoms with van der Waals surface area (Å²) in [5, 5.41) is 9.25. The molecule has 0 aromatic carbocycles. The maximum atomic E-state index is 8.70. The zero-order chi connectivity index (χ0) is 5.21. The van der Waals surface area contributed by atoms with E-state index in [2.05, 4.69) is 31.9 Å². The van der Waals surface area contributed by atoms with E-state index in [1.807, 2.05) is 0 Å². The van der Waals surface area contributed by atoms with Crippen molar-refractivity contribution in [3.8, 4) is 0 Å². The van der Waals surface area contributed by atoms with Crippen LogP contribution in [0.5, 0.6) is 0 Å². The minimum absolute atomic E-state index is 0.556. The number of alkyl halides is 2. The predicted molar refractivity (Wildman–Crippen MR) is 33.3 cm³/mol. The molecule has 0 aromatic heterocycles. The van der Waals surface area contributed by atoms with Gasteiger partial charge < -0.3 is 5.11 Å². The van der Waals surface area contributed by atoms with Crippen molar-refractivity contribution in [2.24, 2.45) is 0 Å². The fourth-order valence-electron chi connectivity index (χ4n) is 0. The summed E-state index contributed by atoms with van der Waals surface area (Å²) in [6, 6.07) is 0. The van der Waals surface area contributed by atoms with E-state index < -0.39 is 4.51 Å². The summed E-state index contributed by atoms with van der Waals surface area (Å²) in [7, 11) is 0. The van der Waals surface area contributed by atoms with Crippen molar-refractivity contribution >= 4 is 31.9 Å². The van der Waals surface area contributed by atoms with Crippen molar-refractivity contribution in [2.45, 2.75) is 11.4 Å². The number of hydrogen-bond acceptors (Lipinski definition) is 1. The van der Waals surface area contributed by atoms with E-state index in [0.717, 1.165) is 0 Å². The molecular weight excluding hydrogens is 212 g/mol. The van der Waals surface area contributed by atoms with E-state index in [1.54, 1.807) is 6.92 Å². The SMILES string of the molecule is CC(O)(Br)CBr. The number of aliphatic hydroxyl groups is 1. The van der Waals surface area contributed by atoms with Crippen molar-refractivity contribution in [2.75, 3.05) is 5.33 Å². The Kier molecular flexibility index (Phi) is 2.63. The Hall–Kier alpha value is 0.920. The first-order chi connectivity index (χ1) is 2.56. The maximum absolute atomic E-state index is 8.70. The summed E-state index contributed by atoms with van der Waals surface area (Å²) in [6.45, 7) is 1.67. The number of halogens is 2. The Bertz CT molecular complexity index is 38.5. The summed E-state index contributed by atoms with van der Waals surface area (Å²) in [5.41, 5.74) is 0. The van der Waals surface area contributed by atoms with Crippen LogP contribution in [-0.2, 0) is 0 Å². The van der Waals surface area contributed by atoms with E-state index in [1.165, 1.54) is 0 Å². The third-order valence-electron chi connectivity index (χ3n) is 0.244.